The predicted molar refractivity (Wildman–Crippen MR) is 84.8 cm³/mol. The fourth-order valence-electron chi connectivity index (χ4n) is 2.81. The molecule has 2 heterocycles. The zero-order valence-corrected chi connectivity index (χ0v) is 13.2. The molecule has 2 aromatic heterocycles. The maximum absolute atomic E-state index is 12.0. The van der Waals surface area contributed by atoms with Crippen molar-refractivity contribution in [3.05, 3.63) is 50.7 Å². The first-order valence-electron chi connectivity index (χ1n) is 7.37. The molecule has 5 heteroatoms. The van der Waals surface area contributed by atoms with Crippen molar-refractivity contribution in [2.75, 3.05) is 0 Å². The van der Waals surface area contributed by atoms with Crippen LogP contribution in [-0.4, -0.2) is 15.0 Å². The van der Waals surface area contributed by atoms with Gasteiger partial charge >= 0.3 is 0 Å². The van der Waals surface area contributed by atoms with E-state index in [0.29, 0.717) is 0 Å². The van der Waals surface area contributed by atoms with E-state index in [-0.39, 0.29) is 5.56 Å². The van der Waals surface area contributed by atoms with Gasteiger partial charge in [0.25, 0.3) is 5.56 Å². The molecule has 21 heavy (non-hydrogen) atoms. The number of hydrogen-bond acceptors (Lipinski definition) is 4. The van der Waals surface area contributed by atoms with E-state index in [0.717, 1.165) is 53.5 Å². The lowest BCUT2D eigenvalue weighted by Crippen LogP contribution is -2.15. The first kappa shape index (κ1) is 14.3. The molecule has 0 spiro atoms. The van der Waals surface area contributed by atoms with Gasteiger partial charge in [-0.2, -0.15) is 0 Å². The third-order valence-electron chi connectivity index (χ3n) is 4.02. The van der Waals surface area contributed by atoms with Crippen molar-refractivity contribution < 1.29 is 0 Å². The molecule has 4 nitrogen and oxygen atoms in total. The van der Waals surface area contributed by atoms with Crippen LogP contribution in [0.25, 0.3) is 0 Å². The highest BCUT2D eigenvalue weighted by Crippen LogP contribution is 2.25. The molecule has 0 saturated carbocycles. The Morgan fingerprint density at radius 2 is 2.24 bits per heavy atom. The molecule has 0 aromatic carbocycles. The average Bonchev–Trinajstić information content (AvgIpc) is 2.94. The van der Waals surface area contributed by atoms with E-state index in [2.05, 4.69) is 27.9 Å². The van der Waals surface area contributed by atoms with Crippen LogP contribution in [0.1, 0.15) is 41.4 Å². The second-order valence-electron chi connectivity index (χ2n) is 5.33. The predicted octanol–water partition coefficient (Wildman–Crippen LogP) is 2.82. The van der Waals surface area contributed by atoms with Crippen molar-refractivity contribution in [3.63, 3.8) is 0 Å². The van der Waals surface area contributed by atoms with Gasteiger partial charge in [0.1, 0.15) is 0 Å². The average molecular weight is 301 g/mol. The van der Waals surface area contributed by atoms with Crippen molar-refractivity contribution in [2.24, 2.45) is 0 Å². The van der Waals surface area contributed by atoms with Crippen LogP contribution in [0.4, 0.5) is 0 Å². The largest absolute Gasteiger partial charge is 0.301 e. The lowest BCUT2D eigenvalue weighted by molar-refractivity contribution is 0.869. The molecule has 0 saturated heterocycles. The van der Waals surface area contributed by atoms with Crippen molar-refractivity contribution in [1.82, 2.24) is 15.0 Å². The molecule has 3 rings (SSSR count). The first-order valence-corrected chi connectivity index (χ1v) is 8.35. The molecular weight excluding hydrogens is 282 g/mol. The van der Waals surface area contributed by atoms with Crippen LogP contribution in [0.15, 0.2) is 22.2 Å². The highest BCUT2D eigenvalue weighted by Gasteiger charge is 2.17. The minimum absolute atomic E-state index is 0.0404. The molecule has 0 radical (unpaired) electrons. The van der Waals surface area contributed by atoms with E-state index < -0.39 is 0 Å². The van der Waals surface area contributed by atoms with E-state index in [1.54, 1.807) is 11.8 Å². The lowest BCUT2D eigenvalue weighted by atomic mass is 10.1. The standard InChI is InChI=1S/C16H19N3OS/c1-3-11-7-8-17-10(2)13(11)9-21-16-18-14-6-4-5-12(14)15(20)19-16/h7-8H,3-6,9H2,1-2H3,(H,18,19,20). The van der Waals surface area contributed by atoms with Crippen molar-refractivity contribution in [1.29, 1.82) is 0 Å². The maximum Gasteiger partial charge on any atom is 0.254 e. The summed E-state index contributed by atoms with van der Waals surface area (Å²) in [6.45, 7) is 4.19. The lowest BCUT2D eigenvalue weighted by Gasteiger charge is -2.10. The third-order valence-corrected chi connectivity index (χ3v) is 4.92. The SMILES string of the molecule is CCc1ccnc(C)c1CSc1nc2c(c(=O)[nH]1)CCC2. The number of fused-ring (bicyclic) bond motifs is 1. The zero-order valence-electron chi connectivity index (χ0n) is 12.4. The Balaban J connectivity index is 1.83. The van der Waals surface area contributed by atoms with Crippen molar-refractivity contribution >= 4 is 11.8 Å². The summed E-state index contributed by atoms with van der Waals surface area (Å²) in [5.74, 6) is 0.796. The van der Waals surface area contributed by atoms with Gasteiger partial charge in [-0.05, 0) is 49.8 Å². The molecule has 1 aliphatic carbocycles. The second kappa shape index (κ2) is 6.02. The van der Waals surface area contributed by atoms with Gasteiger partial charge in [-0.15, -0.1) is 0 Å². The molecule has 0 aliphatic heterocycles. The van der Waals surface area contributed by atoms with Crippen molar-refractivity contribution in [3.8, 4) is 0 Å². The van der Waals surface area contributed by atoms with Gasteiger partial charge in [0.2, 0.25) is 0 Å². The van der Waals surface area contributed by atoms with Gasteiger partial charge < -0.3 is 4.98 Å². The van der Waals surface area contributed by atoms with Crippen LogP contribution in [0.5, 0.6) is 0 Å². The highest BCUT2D eigenvalue weighted by atomic mass is 32.2. The van der Waals surface area contributed by atoms with Crippen LogP contribution in [0, 0.1) is 6.92 Å². The maximum atomic E-state index is 12.0. The van der Waals surface area contributed by atoms with Gasteiger partial charge in [-0.1, -0.05) is 18.7 Å². The number of aryl methyl sites for hydroxylation is 3. The summed E-state index contributed by atoms with van der Waals surface area (Å²) < 4.78 is 0. The molecule has 110 valence electrons. The Morgan fingerprint density at radius 3 is 3.05 bits per heavy atom. The number of pyridine rings is 1. The summed E-state index contributed by atoms with van der Waals surface area (Å²) in [5.41, 5.74) is 5.54. The molecule has 1 aliphatic rings. The molecule has 0 amide bonds. The van der Waals surface area contributed by atoms with Gasteiger partial charge in [0.05, 0.1) is 5.69 Å². The van der Waals surface area contributed by atoms with Crippen LogP contribution >= 0.6 is 11.8 Å². The summed E-state index contributed by atoms with van der Waals surface area (Å²) in [5, 5.41) is 0.728. The zero-order chi connectivity index (χ0) is 14.8. The molecule has 0 bridgehead atoms. The number of thioether (sulfide) groups is 1. The number of hydrogen-bond donors (Lipinski definition) is 1. The van der Waals surface area contributed by atoms with Crippen LogP contribution in [0.2, 0.25) is 0 Å². The van der Waals surface area contributed by atoms with E-state index in [4.69, 9.17) is 0 Å². The first-order chi connectivity index (χ1) is 10.2. The monoisotopic (exact) mass is 301 g/mol. The molecule has 1 N–H and O–H groups in total. The van der Waals surface area contributed by atoms with Gasteiger partial charge in [-0.3, -0.25) is 9.78 Å². The minimum atomic E-state index is 0.0404. The second-order valence-corrected chi connectivity index (χ2v) is 6.29. The fraction of sp³-hybridized carbons (Fsp3) is 0.438. The number of aromatic amines is 1. The molecule has 0 unspecified atom stereocenters. The Bertz CT molecular complexity index is 724. The smallest absolute Gasteiger partial charge is 0.254 e. The Hall–Kier alpha value is -1.62. The highest BCUT2D eigenvalue weighted by molar-refractivity contribution is 7.98. The van der Waals surface area contributed by atoms with Gasteiger partial charge in [0.15, 0.2) is 5.16 Å². The van der Waals surface area contributed by atoms with Crippen LogP contribution in [-0.2, 0) is 25.0 Å². The Morgan fingerprint density at radius 1 is 1.38 bits per heavy atom. The summed E-state index contributed by atoms with van der Waals surface area (Å²) in [4.78, 5) is 23.9. The summed E-state index contributed by atoms with van der Waals surface area (Å²) in [6, 6.07) is 2.07. The third kappa shape index (κ3) is 2.88. The summed E-state index contributed by atoms with van der Waals surface area (Å²) in [7, 11) is 0. The minimum Gasteiger partial charge on any atom is -0.301 e. The molecular formula is C16H19N3OS. The Kier molecular flexibility index (Phi) is 4.10. The van der Waals surface area contributed by atoms with Crippen LogP contribution < -0.4 is 5.56 Å². The van der Waals surface area contributed by atoms with E-state index in [1.807, 2.05) is 13.1 Å². The number of H-pyrrole nitrogens is 1. The van der Waals surface area contributed by atoms with Gasteiger partial charge in [0, 0.05) is 23.2 Å². The van der Waals surface area contributed by atoms with Crippen molar-refractivity contribution in [2.45, 2.75) is 50.4 Å². The van der Waals surface area contributed by atoms with Crippen LogP contribution in [0.3, 0.4) is 0 Å². The molecule has 0 atom stereocenters. The number of nitrogens with one attached hydrogen (secondary N) is 1. The van der Waals surface area contributed by atoms with E-state index >= 15 is 0 Å². The van der Waals surface area contributed by atoms with E-state index in [1.165, 1.54) is 11.1 Å². The quantitative estimate of drug-likeness (QED) is 0.697. The fourth-order valence-corrected chi connectivity index (χ4v) is 3.82. The summed E-state index contributed by atoms with van der Waals surface area (Å²) in [6.07, 6.45) is 5.69. The molecule has 0 fully saturated rings. The number of rotatable bonds is 4. The van der Waals surface area contributed by atoms with Gasteiger partial charge in [-0.25, -0.2) is 4.98 Å². The summed E-state index contributed by atoms with van der Waals surface area (Å²) >= 11 is 1.59. The number of nitrogens with zero attached hydrogens (tertiary/aromatic N) is 2. The molecule has 2 aromatic rings. The Labute approximate surface area is 128 Å². The topological polar surface area (TPSA) is 58.6 Å². The normalized spacial score (nSPS) is 13.4. The number of aromatic nitrogens is 3. The van der Waals surface area contributed by atoms with E-state index in [9.17, 15) is 4.79 Å².